The van der Waals surface area contributed by atoms with E-state index in [1.807, 2.05) is 41.2 Å². The fraction of sp³-hybridized carbons (Fsp3) is 0. The molecule has 0 aliphatic heterocycles. The number of hydrazone groups is 1. The summed E-state index contributed by atoms with van der Waals surface area (Å²) in [5.74, 6) is -0.277. The normalized spacial score (nSPS) is 11.0. The number of nitrogens with zero attached hydrogens (tertiary/aromatic N) is 2. The molecule has 7 heteroatoms. The quantitative estimate of drug-likeness (QED) is 0.443. The van der Waals surface area contributed by atoms with E-state index in [4.69, 9.17) is 0 Å². The van der Waals surface area contributed by atoms with Crippen molar-refractivity contribution in [2.24, 2.45) is 5.10 Å². The molecule has 2 aromatic carbocycles. The third-order valence-corrected chi connectivity index (χ3v) is 4.52. The Morgan fingerprint density at radius 3 is 2.48 bits per heavy atom. The maximum atomic E-state index is 12.1. The van der Waals surface area contributed by atoms with E-state index in [1.165, 1.54) is 6.21 Å². The number of rotatable bonds is 4. The lowest BCUT2D eigenvalue weighted by molar-refractivity contribution is 0.0955. The van der Waals surface area contributed by atoms with E-state index in [0.717, 1.165) is 10.2 Å². The second kappa shape index (κ2) is 7.67. The molecule has 1 heterocycles. The Bertz CT molecular complexity index is 920. The maximum absolute atomic E-state index is 12.1. The molecule has 0 spiro atoms. The number of hydrogen-bond donors (Lipinski definition) is 2. The fourth-order valence-electron chi connectivity index (χ4n) is 2.20. The Labute approximate surface area is 161 Å². The van der Waals surface area contributed by atoms with E-state index in [2.05, 4.69) is 42.4 Å². The number of carbonyl (C=O) groups is 1. The zero-order chi connectivity index (χ0) is 17.8. The van der Waals surface area contributed by atoms with Crippen molar-refractivity contribution in [3.05, 3.63) is 81.0 Å². The number of halogens is 2. The van der Waals surface area contributed by atoms with Gasteiger partial charge in [-0.15, -0.1) is 0 Å². The number of hydrogen-bond acceptors (Lipinski definition) is 3. The topological polar surface area (TPSA) is 66.6 Å². The summed E-state index contributed by atoms with van der Waals surface area (Å²) in [6, 6.07) is 14.5. The van der Waals surface area contributed by atoms with Crippen molar-refractivity contribution < 1.29 is 9.90 Å². The lowest BCUT2D eigenvalue weighted by Gasteiger charge is -2.05. The van der Waals surface area contributed by atoms with Crippen molar-refractivity contribution >= 4 is 44.0 Å². The molecule has 0 atom stereocenters. The minimum Gasteiger partial charge on any atom is -0.506 e. The van der Waals surface area contributed by atoms with Crippen LogP contribution in [0.25, 0.3) is 5.69 Å². The van der Waals surface area contributed by atoms with Gasteiger partial charge in [0.05, 0.1) is 10.7 Å². The van der Waals surface area contributed by atoms with Crippen LogP contribution in [-0.4, -0.2) is 21.8 Å². The first kappa shape index (κ1) is 17.4. The second-order valence-corrected chi connectivity index (χ2v) is 6.93. The van der Waals surface area contributed by atoms with Crippen LogP contribution in [0.3, 0.4) is 0 Å². The second-order valence-electron chi connectivity index (χ2n) is 5.16. The molecule has 0 fully saturated rings. The largest absolute Gasteiger partial charge is 0.506 e. The molecular weight excluding hydrogens is 450 g/mol. The van der Waals surface area contributed by atoms with Gasteiger partial charge in [-0.3, -0.25) is 4.79 Å². The Balaban J connectivity index is 1.68. The van der Waals surface area contributed by atoms with E-state index in [9.17, 15) is 9.90 Å². The van der Waals surface area contributed by atoms with Gasteiger partial charge in [0.25, 0.3) is 5.91 Å². The number of aromatic hydroxyl groups is 1. The van der Waals surface area contributed by atoms with Crippen LogP contribution in [0.5, 0.6) is 5.75 Å². The summed E-state index contributed by atoms with van der Waals surface area (Å²) in [5, 5.41) is 13.9. The lowest BCUT2D eigenvalue weighted by Crippen LogP contribution is -2.17. The Morgan fingerprint density at radius 2 is 1.80 bits per heavy atom. The highest BCUT2D eigenvalue weighted by Crippen LogP contribution is 2.30. The summed E-state index contributed by atoms with van der Waals surface area (Å²) < 4.78 is 3.27. The molecule has 1 amide bonds. The molecule has 0 saturated heterocycles. The van der Waals surface area contributed by atoms with Gasteiger partial charge in [-0.05, 0) is 64.5 Å². The molecule has 0 radical (unpaired) electrons. The average molecular weight is 463 g/mol. The number of phenols is 1. The first-order chi connectivity index (χ1) is 12.0. The summed E-state index contributed by atoms with van der Waals surface area (Å²) >= 11 is 6.58. The number of aromatic nitrogens is 1. The van der Waals surface area contributed by atoms with Crippen LogP contribution in [0.4, 0.5) is 0 Å². The van der Waals surface area contributed by atoms with Crippen LogP contribution < -0.4 is 5.43 Å². The van der Waals surface area contributed by atoms with Gasteiger partial charge in [0.15, 0.2) is 0 Å². The van der Waals surface area contributed by atoms with Gasteiger partial charge in [-0.1, -0.05) is 15.9 Å². The summed E-state index contributed by atoms with van der Waals surface area (Å²) in [4.78, 5) is 12.1. The molecule has 2 N–H and O–H groups in total. The van der Waals surface area contributed by atoms with Gasteiger partial charge in [0, 0.05) is 33.7 Å². The zero-order valence-electron chi connectivity index (χ0n) is 12.9. The molecular formula is C18H13Br2N3O2. The Morgan fingerprint density at radius 1 is 1.12 bits per heavy atom. The van der Waals surface area contributed by atoms with E-state index in [1.54, 1.807) is 24.3 Å². The van der Waals surface area contributed by atoms with Gasteiger partial charge in [-0.2, -0.15) is 5.10 Å². The fourth-order valence-corrected chi connectivity index (χ4v) is 3.46. The van der Waals surface area contributed by atoms with Crippen molar-refractivity contribution in [2.75, 3.05) is 0 Å². The highest BCUT2D eigenvalue weighted by molar-refractivity contribution is 9.11. The third-order valence-electron chi connectivity index (χ3n) is 3.46. The van der Waals surface area contributed by atoms with Crippen molar-refractivity contribution in [1.82, 2.24) is 9.99 Å². The number of nitrogens with one attached hydrogen (secondary N) is 1. The third kappa shape index (κ3) is 4.18. The van der Waals surface area contributed by atoms with Crippen LogP contribution in [0.15, 0.2) is 75.0 Å². The highest BCUT2D eigenvalue weighted by atomic mass is 79.9. The maximum Gasteiger partial charge on any atom is 0.271 e. The lowest BCUT2D eigenvalue weighted by atomic mass is 10.2. The first-order valence-electron chi connectivity index (χ1n) is 7.29. The van der Waals surface area contributed by atoms with Crippen LogP contribution in [0, 0.1) is 0 Å². The number of phenolic OH excluding ortho intramolecular Hbond substituents is 1. The molecule has 0 aliphatic rings. The van der Waals surface area contributed by atoms with Crippen molar-refractivity contribution in [2.45, 2.75) is 0 Å². The van der Waals surface area contributed by atoms with Crippen molar-refractivity contribution in [1.29, 1.82) is 0 Å². The van der Waals surface area contributed by atoms with E-state index in [0.29, 0.717) is 15.6 Å². The minimum absolute atomic E-state index is 0.0530. The molecule has 0 unspecified atom stereocenters. The molecule has 0 saturated carbocycles. The molecule has 0 aliphatic carbocycles. The number of carbonyl (C=O) groups excluding carboxylic acids is 1. The monoisotopic (exact) mass is 461 g/mol. The standard InChI is InChI=1S/C18H13Br2N3O2/c19-14-9-13(17(24)16(20)10-14)11-21-22-18(25)12-3-5-15(6-4-12)23-7-1-2-8-23/h1-11,24H,(H,22,25)/b21-11+. The van der Waals surface area contributed by atoms with Crippen molar-refractivity contribution in [3.8, 4) is 11.4 Å². The SMILES string of the molecule is O=C(N/N=C/c1cc(Br)cc(Br)c1O)c1ccc(-n2cccc2)cc1. The highest BCUT2D eigenvalue weighted by Gasteiger charge is 2.07. The molecule has 1 aromatic heterocycles. The zero-order valence-corrected chi connectivity index (χ0v) is 16.0. The minimum atomic E-state index is -0.330. The van der Waals surface area contributed by atoms with Crippen LogP contribution in [0.1, 0.15) is 15.9 Å². The molecule has 0 bridgehead atoms. The molecule has 5 nitrogen and oxygen atoms in total. The number of amides is 1. The average Bonchev–Trinajstić information content (AvgIpc) is 3.13. The molecule has 3 rings (SSSR count). The Hall–Kier alpha value is -2.38. The van der Waals surface area contributed by atoms with Crippen LogP contribution in [-0.2, 0) is 0 Å². The van der Waals surface area contributed by atoms with Crippen LogP contribution in [0.2, 0.25) is 0 Å². The summed E-state index contributed by atoms with van der Waals surface area (Å²) in [7, 11) is 0. The molecule has 126 valence electrons. The summed E-state index contributed by atoms with van der Waals surface area (Å²) in [5.41, 5.74) is 4.39. The predicted molar refractivity (Wildman–Crippen MR) is 104 cm³/mol. The van der Waals surface area contributed by atoms with Gasteiger partial charge in [-0.25, -0.2) is 5.43 Å². The summed E-state index contributed by atoms with van der Waals surface area (Å²) in [6.07, 6.45) is 5.25. The smallest absolute Gasteiger partial charge is 0.271 e. The predicted octanol–water partition coefficient (Wildman–Crippen LogP) is 4.47. The van der Waals surface area contributed by atoms with E-state index < -0.39 is 0 Å². The van der Waals surface area contributed by atoms with Gasteiger partial charge < -0.3 is 9.67 Å². The van der Waals surface area contributed by atoms with Gasteiger partial charge >= 0.3 is 0 Å². The van der Waals surface area contributed by atoms with Gasteiger partial charge in [0.2, 0.25) is 0 Å². The van der Waals surface area contributed by atoms with E-state index in [-0.39, 0.29) is 11.7 Å². The van der Waals surface area contributed by atoms with Gasteiger partial charge in [0.1, 0.15) is 5.75 Å². The summed E-state index contributed by atoms with van der Waals surface area (Å²) in [6.45, 7) is 0. The van der Waals surface area contributed by atoms with E-state index >= 15 is 0 Å². The Kier molecular flexibility index (Phi) is 5.35. The van der Waals surface area contributed by atoms with Crippen molar-refractivity contribution in [3.63, 3.8) is 0 Å². The molecule has 3 aromatic rings. The number of benzene rings is 2. The van der Waals surface area contributed by atoms with Crippen LogP contribution >= 0.6 is 31.9 Å². The molecule has 25 heavy (non-hydrogen) atoms. The first-order valence-corrected chi connectivity index (χ1v) is 8.88.